The lowest BCUT2D eigenvalue weighted by Crippen LogP contribution is -1.99. The van der Waals surface area contributed by atoms with Crippen molar-refractivity contribution >= 4 is 10.8 Å². The van der Waals surface area contributed by atoms with Crippen molar-refractivity contribution in [2.75, 3.05) is 0 Å². The molecular weight excluding hydrogens is 336 g/mol. The molecule has 0 spiro atoms. The van der Waals surface area contributed by atoms with Crippen LogP contribution in [0.3, 0.4) is 0 Å². The second-order valence-electron chi connectivity index (χ2n) is 8.29. The first-order chi connectivity index (χ1) is 13.5. The summed E-state index contributed by atoms with van der Waals surface area (Å²) in [7, 11) is 0. The van der Waals surface area contributed by atoms with Crippen LogP contribution in [0.5, 0.6) is 0 Å². The van der Waals surface area contributed by atoms with Gasteiger partial charge >= 0.3 is 0 Å². The third-order valence-corrected chi connectivity index (χ3v) is 5.63. The number of hydrogen-bond acceptors (Lipinski definition) is 0. The fourth-order valence-corrected chi connectivity index (χ4v) is 4.00. The van der Waals surface area contributed by atoms with Crippen LogP contribution >= 0.6 is 0 Å². The summed E-state index contributed by atoms with van der Waals surface area (Å²) >= 11 is 0. The maximum Gasteiger partial charge on any atom is -0.0178 e. The van der Waals surface area contributed by atoms with Gasteiger partial charge in [-0.2, -0.15) is 0 Å². The van der Waals surface area contributed by atoms with Gasteiger partial charge in [-0.1, -0.05) is 107 Å². The van der Waals surface area contributed by atoms with E-state index in [1.807, 2.05) is 0 Å². The zero-order valence-electron chi connectivity index (χ0n) is 17.2. The van der Waals surface area contributed by atoms with Crippen molar-refractivity contribution in [1.29, 1.82) is 0 Å². The predicted octanol–water partition coefficient (Wildman–Crippen LogP) is 8.42. The standard InChI is InChI=1S/C28H28/c1-19(2)27-16-15-26(18-28(27)20(3)4)23-11-9-22(10-12-23)25-14-13-21-7-5-6-8-24(21)17-25/h5-20H,1-4H3. The first-order valence-corrected chi connectivity index (χ1v) is 10.3. The first-order valence-electron chi connectivity index (χ1n) is 10.3. The van der Waals surface area contributed by atoms with E-state index < -0.39 is 0 Å². The zero-order chi connectivity index (χ0) is 19.7. The molecule has 0 N–H and O–H groups in total. The summed E-state index contributed by atoms with van der Waals surface area (Å²) in [5, 5.41) is 2.57. The summed E-state index contributed by atoms with van der Waals surface area (Å²) in [5.41, 5.74) is 8.04. The molecule has 0 heteroatoms. The molecule has 0 nitrogen and oxygen atoms in total. The molecule has 0 heterocycles. The minimum Gasteiger partial charge on any atom is -0.0616 e. The second-order valence-corrected chi connectivity index (χ2v) is 8.29. The minimum absolute atomic E-state index is 0.536. The summed E-state index contributed by atoms with van der Waals surface area (Å²) in [5.74, 6) is 1.09. The highest BCUT2D eigenvalue weighted by Crippen LogP contribution is 2.32. The minimum atomic E-state index is 0.536. The van der Waals surface area contributed by atoms with Gasteiger partial charge in [-0.15, -0.1) is 0 Å². The van der Waals surface area contributed by atoms with Crippen molar-refractivity contribution < 1.29 is 0 Å². The van der Waals surface area contributed by atoms with Crippen LogP contribution in [0.2, 0.25) is 0 Å². The van der Waals surface area contributed by atoms with Crippen LogP contribution in [0.1, 0.15) is 50.7 Å². The lowest BCUT2D eigenvalue weighted by molar-refractivity contribution is 0.791. The van der Waals surface area contributed by atoms with Crippen molar-refractivity contribution in [2.24, 2.45) is 0 Å². The molecule has 0 atom stereocenters. The van der Waals surface area contributed by atoms with Crippen molar-refractivity contribution in [3.63, 3.8) is 0 Å². The summed E-state index contributed by atoms with van der Waals surface area (Å²) in [4.78, 5) is 0. The Morgan fingerprint density at radius 1 is 0.429 bits per heavy atom. The van der Waals surface area contributed by atoms with E-state index in [0.29, 0.717) is 11.8 Å². The molecule has 0 amide bonds. The molecule has 0 aliphatic carbocycles. The molecule has 0 bridgehead atoms. The van der Waals surface area contributed by atoms with Crippen LogP contribution in [-0.2, 0) is 0 Å². The third kappa shape index (κ3) is 3.60. The molecule has 4 aromatic rings. The van der Waals surface area contributed by atoms with E-state index in [0.717, 1.165) is 0 Å². The zero-order valence-corrected chi connectivity index (χ0v) is 17.2. The predicted molar refractivity (Wildman–Crippen MR) is 123 cm³/mol. The van der Waals surface area contributed by atoms with Crippen molar-refractivity contribution in [3.8, 4) is 22.3 Å². The van der Waals surface area contributed by atoms with Crippen LogP contribution in [0, 0.1) is 0 Å². The summed E-state index contributed by atoms with van der Waals surface area (Å²) in [6.45, 7) is 9.13. The van der Waals surface area contributed by atoms with Crippen molar-refractivity contribution in [1.82, 2.24) is 0 Å². The van der Waals surface area contributed by atoms with Gasteiger partial charge in [0.25, 0.3) is 0 Å². The van der Waals surface area contributed by atoms with E-state index in [2.05, 4.69) is 113 Å². The molecule has 4 rings (SSSR count). The van der Waals surface area contributed by atoms with Crippen LogP contribution in [0.15, 0.2) is 84.9 Å². The summed E-state index contributed by atoms with van der Waals surface area (Å²) in [6, 6.07) is 31.2. The molecule has 28 heavy (non-hydrogen) atoms. The molecule has 0 radical (unpaired) electrons. The van der Waals surface area contributed by atoms with Crippen molar-refractivity contribution in [3.05, 3.63) is 96.1 Å². The van der Waals surface area contributed by atoms with E-state index in [1.54, 1.807) is 0 Å². The Balaban J connectivity index is 1.68. The van der Waals surface area contributed by atoms with Gasteiger partial charge in [0.15, 0.2) is 0 Å². The fraction of sp³-hybridized carbons (Fsp3) is 0.214. The van der Waals surface area contributed by atoms with E-state index >= 15 is 0 Å². The van der Waals surface area contributed by atoms with Crippen molar-refractivity contribution in [2.45, 2.75) is 39.5 Å². The van der Waals surface area contributed by atoms with E-state index in [1.165, 1.54) is 44.2 Å². The number of rotatable bonds is 4. The number of benzene rings is 4. The van der Waals surface area contributed by atoms with E-state index in [9.17, 15) is 0 Å². The van der Waals surface area contributed by atoms with Crippen LogP contribution in [-0.4, -0.2) is 0 Å². The largest absolute Gasteiger partial charge is 0.0616 e. The highest BCUT2D eigenvalue weighted by atomic mass is 14.2. The molecule has 0 saturated heterocycles. The van der Waals surface area contributed by atoms with Gasteiger partial charge in [0.2, 0.25) is 0 Å². The maximum absolute atomic E-state index is 2.38. The normalized spacial score (nSPS) is 11.5. The molecule has 4 aromatic carbocycles. The van der Waals surface area contributed by atoms with Crippen LogP contribution < -0.4 is 0 Å². The topological polar surface area (TPSA) is 0 Å². The molecule has 0 fully saturated rings. The van der Waals surface area contributed by atoms with Gasteiger partial charge in [-0.05, 0) is 62.1 Å². The Hall–Kier alpha value is -2.86. The van der Waals surface area contributed by atoms with Gasteiger partial charge in [-0.25, -0.2) is 0 Å². The Morgan fingerprint density at radius 2 is 0.929 bits per heavy atom. The molecule has 0 aliphatic heterocycles. The van der Waals surface area contributed by atoms with Crippen LogP contribution in [0.25, 0.3) is 33.0 Å². The third-order valence-electron chi connectivity index (χ3n) is 5.63. The Labute approximate surface area is 168 Å². The average molecular weight is 365 g/mol. The molecule has 0 aromatic heterocycles. The molecule has 0 aliphatic rings. The van der Waals surface area contributed by atoms with Gasteiger partial charge in [0, 0.05) is 0 Å². The SMILES string of the molecule is CC(C)c1ccc(-c2ccc(-c3ccc4ccccc4c3)cc2)cc1C(C)C. The number of fused-ring (bicyclic) bond motifs is 1. The average Bonchev–Trinajstić information content (AvgIpc) is 2.73. The summed E-state index contributed by atoms with van der Waals surface area (Å²) < 4.78 is 0. The van der Waals surface area contributed by atoms with Gasteiger partial charge < -0.3 is 0 Å². The Morgan fingerprint density at radius 3 is 1.54 bits per heavy atom. The molecule has 0 unspecified atom stereocenters. The fourth-order valence-electron chi connectivity index (χ4n) is 4.00. The van der Waals surface area contributed by atoms with Gasteiger partial charge in [-0.3, -0.25) is 0 Å². The Kier molecular flexibility index (Phi) is 5.05. The highest BCUT2D eigenvalue weighted by molar-refractivity contribution is 5.87. The van der Waals surface area contributed by atoms with Gasteiger partial charge in [0.05, 0.1) is 0 Å². The second kappa shape index (κ2) is 7.64. The van der Waals surface area contributed by atoms with Gasteiger partial charge in [0.1, 0.15) is 0 Å². The van der Waals surface area contributed by atoms with E-state index in [4.69, 9.17) is 0 Å². The van der Waals surface area contributed by atoms with Crippen LogP contribution in [0.4, 0.5) is 0 Å². The maximum atomic E-state index is 2.38. The highest BCUT2D eigenvalue weighted by Gasteiger charge is 2.11. The van der Waals surface area contributed by atoms with E-state index in [-0.39, 0.29) is 0 Å². The molecular formula is C28H28. The lowest BCUT2D eigenvalue weighted by Gasteiger charge is -2.17. The Bertz CT molecular complexity index is 1100. The molecule has 140 valence electrons. The quantitative estimate of drug-likeness (QED) is 0.341. The number of hydrogen-bond donors (Lipinski definition) is 0. The lowest BCUT2D eigenvalue weighted by atomic mass is 9.87. The summed E-state index contributed by atoms with van der Waals surface area (Å²) in [6.07, 6.45) is 0. The smallest absolute Gasteiger partial charge is 0.0178 e. The monoisotopic (exact) mass is 364 g/mol. The molecule has 0 saturated carbocycles. The first kappa shape index (κ1) is 18.5.